The minimum absolute atomic E-state index is 0.0772. The summed E-state index contributed by atoms with van der Waals surface area (Å²) >= 11 is 0. The minimum atomic E-state index is -0.788. The molecule has 0 aliphatic carbocycles. The van der Waals surface area contributed by atoms with Crippen molar-refractivity contribution >= 4 is 23.6 Å². The Kier molecular flexibility index (Phi) is 6.32. The van der Waals surface area contributed by atoms with Gasteiger partial charge in [-0.25, -0.2) is 23.1 Å². The van der Waals surface area contributed by atoms with Crippen molar-refractivity contribution in [2.75, 3.05) is 42.5 Å². The number of anilines is 2. The smallest absolute Gasteiger partial charge is 0.414 e. The zero-order chi connectivity index (χ0) is 24.6. The Morgan fingerprint density at radius 1 is 1.18 bits per heavy atom. The van der Waals surface area contributed by atoms with Gasteiger partial charge in [0.15, 0.2) is 11.6 Å². The summed E-state index contributed by atoms with van der Waals surface area (Å²) in [6, 6.07) is 2.25. The van der Waals surface area contributed by atoms with Crippen molar-refractivity contribution in [2.24, 2.45) is 0 Å². The molecule has 0 unspecified atom stereocenters. The maximum absolute atomic E-state index is 15.0. The highest BCUT2D eigenvalue weighted by molar-refractivity contribution is 5.90. The largest absolute Gasteiger partial charge is 0.444 e. The number of nitrogens with zero attached hydrogens (tertiary/aromatic N) is 6. The molecular formula is C22H28F2N6O4. The maximum atomic E-state index is 15.0. The van der Waals surface area contributed by atoms with E-state index < -0.39 is 35.5 Å². The molecule has 4 rings (SSSR count). The molecule has 0 bridgehead atoms. The molecule has 0 saturated carbocycles. The van der Waals surface area contributed by atoms with Crippen LogP contribution in [0.1, 0.15) is 26.5 Å². The summed E-state index contributed by atoms with van der Waals surface area (Å²) in [5.74, 6) is -1.58. The van der Waals surface area contributed by atoms with E-state index in [0.717, 1.165) is 17.8 Å². The summed E-state index contributed by atoms with van der Waals surface area (Å²) in [6.45, 7) is 8.59. The molecule has 0 spiro atoms. The molecule has 1 aromatic heterocycles. The standard InChI is InChI=1S/C22H28F2N6O4/c1-14-11-29(26-25-14)12-16-13-30(21(32)33-16)15-9-17(23)19(18(24)10-15)27-5-7-28(8-6-27)20(31)34-22(2,3)4/h9-11,16H,5-8,12-13H2,1-4H3/t16-/m0/s1. The fraction of sp³-hybridized carbons (Fsp3) is 0.545. The average molecular weight is 479 g/mol. The van der Waals surface area contributed by atoms with E-state index in [4.69, 9.17) is 9.47 Å². The van der Waals surface area contributed by atoms with Crippen LogP contribution in [0, 0.1) is 18.6 Å². The number of aryl methyl sites for hydroxylation is 1. The van der Waals surface area contributed by atoms with Gasteiger partial charge in [0.2, 0.25) is 0 Å². The molecule has 2 saturated heterocycles. The van der Waals surface area contributed by atoms with Crippen molar-refractivity contribution in [1.82, 2.24) is 19.9 Å². The van der Waals surface area contributed by atoms with E-state index in [1.54, 1.807) is 43.5 Å². The van der Waals surface area contributed by atoms with Crippen molar-refractivity contribution in [3.8, 4) is 0 Å². The van der Waals surface area contributed by atoms with Gasteiger partial charge in [0.1, 0.15) is 17.4 Å². The van der Waals surface area contributed by atoms with E-state index in [-0.39, 0.29) is 50.6 Å². The highest BCUT2D eigenvalue weighted by Crippen LogP contribution is 2.32. The minimum Gasteiger partial charge on any atom is -0.444 e. The van der Waals surface area contributed by atoms with Crippen LogP contribution in [0.2, 0.25) is 0 Å². The monoisotopic (exact) mass is 478 g/mol. The van der Waals surface area contributed by atoms with Crippen molar-refractivity contribution in [3.63, 3.8) is 0 Å². The van der Waals surface area contributed by atoms with Gasteiger partial charge in [-0.3, -0.25) is 4.90 Å². The zero-order valence-electron chi connectivity index (χ0n) is 19.6. The second-order valence-corrected chi connectivity index (χ2v) is 9.41. The third kappa shape index (κ3) is 5.20. The van der Waals surface area contributed by atoms with Gasteiger partial charge in [0, 0.05) is 44.5 Å². The first-order valence-corrected chi connectivity index (χ1v) is 11.1. The van der Waals surface area contributed by atoms with E-state index in [2.05, 4.69) is 10.3 Å². The van der Waals surface area contributed by atoms with Crippen LogP contribution in [0.3, 0.4) is 0 Å². The van der Waals surface area contributed by atoms with Gasteiger partial charge < -0.3 is 19.3 Å². The van der Waals surface area contributed by atoms with Gasteiger partial charge in [0.05, 0.1) is 24.5 Å². The fourth-order valence-electron chi connectivity index (χ4n) is 3.97. The molecule has 12 heteroatoms. The molecule has 0 N–H and O–H groups in total. The molecule has 0 radical (unpaired) electrons. The van der Waals surface area contributed by atoms with E-state index in [9.17, 15) is 9.59 Å². The topological polar surface area (TPSA) is 93.0 Å². The molecule has 1 atom stereocenters. The van der Waals surface area contributed by atoms with Crippen LogP contribution >= 0.6 is 0 Å². The van der Waals surface area contributed by atoms with Crippen LogP contribution in [0.5, 0.6) is 0 Å². The molecule has 184 valence electrons. The average Bonchev–Trinajstić information content (AvgIpc) is 3.31. The molecule has 10 nitrogen and oxygen atoms in total. The lowest BCUT2D eigenvalue weighted by atomic mass is 10.2. The first-order valence-electron chi connectivity index (χ1n) is 11.1. The molecule has 2 aromatic rings. The number of benzene rings is 1. The van der Waals surface area contributed by atoms with Crippen LogP contribution in [0.15, 0.2) is 18.3 Å². The van der Waals surface area contributed by atoms with Gasteiger partial charge in [-0.1, -0.05) is 5.21 Å². The Morgan fingerprint density at radius 3 is 2.38 bits per heavy atom. The second-order valence-electron chi connectivity index (χ2n) is 9.41. The molecule has 2 aliphatic rings. The Labute approximate surface area is 196 Å². The van der Waals surface area contributed by atoms with E-state index in [1.165, 1.54) is 9.80 Å². The molecular weight excluding hydrogens is 450 g/mol. The quantitative estimate of drug-likeness (QED) is 0.667. The summed E-state index contributed by atoms with van der Waals surface area (Å²) in [5.41, 5.74) is 0.00250. The van der Waals surface area contributed by atoms with Crippen LogP contribution < -0.4 is 9.80 Å². The van der Waals surface area contributed by atoms with E-state index >= 15 is 8.78 Å². The second kappa shape index (κ2) is 9.07. The van der Waals surface area contributed by atoms with E-state index in [1.807, 2.05) is 0 Å². The number of amides is 2. The lowest BCUT2D eigenvalue weighted by Crippen LogP contribution is -2.50. The zero-order valence-corrected chi connectivity index (χ0v) is 19.6. The number of hydrogen-bond donors (Lipinski definition) is 0. The number of piperazine rings is 1. The fourth-order valence-corrected chi connectivity index (χ4v) is 3.97. The van der Waals surface area contributed by atoms with Crippen molar-refractivity contribution in [2.45, 2.75) is 45.9 Å². The Bertz CT molecular complexity index is 1050. The molecule has 1 aromatic carbocycles. The van der Waals surface area contributed by atoms with Crippen LogP contribution in [0.25, 0.3) is 0 Å². The predicted molar refractivity (Wildman–Crippen MR) is 119 cm³/mol. The number of ether oxygens (including phenoxy) is 2. The van der Waals surface area contributed by atoms with Gasteiger partial charge in [-0.2, -0.15) is 0 Å². The first-order chi connectivity index (χ1) is 16.0. The number of carbonyl (C=O) groups excluding carboxylic acids is 2. The maximum Gasteiger partial charge on any atom is 0.414 e. The molecule has 2 aliphatic heterocycles. The highest BCUT2D eigenvalue weighted by Gasteiger charge is 2.35. The molecule has 2 fully saturated rings. The Hall–Kier alpha value is -3.44. The molecule has 3 heterocycles. The van der Waals surface area contributed by atoms with Crippen LogP contribution in [0.4, 0.5) is 29.7 Å². The van der Waals surface area contributed by atoms with Crippen molar-refractivity contribution in [1.29, 1.82) is 0 Å². The lowest BCUT2D eigenvalue weighted by Gasteiger charge is -2.37. The summed E-state index contributed by atoms with van der Waals surface area (Å²) in [4.78, 5) is 28.8. The van der Waals surface area contributed by atoms with Crippen LogP contribution in [-0.4, -0.2) is 76.5 Å². The lowest BCUT2D eigenvalue weighted by molar-refractivity contribution is 0.0240. The number of cyclic esters (lactones) is 1. The van der Waals surface area contributed by atoms with Gasteiger partial charge in [-0.05, 0) is 27.7 Å². The van der Waals surface area contributed by atoms with Gasteiger partial charge in [0.25, 0.3) is 0 Å². The number of hydrogen-bond acceptors (Lipinski definition) is 7. The number of halogens is 2. The predicted octanol–water partition coefficient (Wildman–Crippen LogP) is 2.95. The van der Waals surface area contributed by atoms with E-state index in [0.29, 0.717) is 0 Å². The highest BCUT2D eigenvalue weighted by atomic mass is 19.1. The summed E-state index contributed by atoms with van der Waals surface area (Å²) in [5, 5.41) is 7.81. The third-order valence-electron chi connectivity index (χ3n) is 5.48. The summed E-state index contributed by atoms with van der Waals surface area (Å²) < 4.78 is 42.3. The number of rotatable bonds is 4. The molecule has 2 amide bonds. The SMILES string of the molecule is Cc1cn(C[C@H]2CN(c3cc(F)c(N4CCN(C(=O)OC(C)(C)C)CC4)c(F)c3)C(=O)O2)nn1. The number of aromatic nitrogens is 3. The summed E-state index contributed by atoms with van der Waals surface area (Å²) in [6.07, 6.45) is 0.0546. The van der Waals surface area contributed by atoms with Crippen molar-refractivity contribution in [3.05, 3.63) is 35.7 Å². The van der Waals surface area contributed by atoms with Gasteiger partial charge >= 0.3 is 12.2 Å². The third-order valence-corrected chi connectivity index (χ3v) is 5.48. The summed E-state index contributed by atoms with van der Waals surface area (Å²) in [7, 11) is 0. The number of carbonyl (C=O) groups is 2. The Morgan fingerprint density at radius 2 is 1.82 bits per heavy atom. The first kappa shape index (κ1) is 23.7. The van der Waals surface area contributed by atoms with Crippen LogP contribution in [-0.2, 0) is 16.0 Å². The normalized spacial score (nSPS) is 18.9. The van der Waals surface area contributed by atoms with Crippen molar-refractivity contribution < 1.29 is 27.8 Å². The van der Waals surface area contributed by atoms with Gasteiger partial charge in [-0.15, -0.1) is 5.10 Å². The Balaban J connectivity index is 1.41. The molecule has 34 heavy (non-hydrogen) atoms.